The second-order valence-electron chi connectivity index (χ2n) is 5.25. The smallest absolute Gasteiger partial charge is 0.251 e. The molecule has 0 aliphatic heterocycles. The SMILES string of the molecule is Cc1noc(C)c1C(C)CNC(=O)c1ccc(CN)cc1.Cl. The first-order valence-corrected chi connectivity index (χ1v) is 7.03. The molecule has 1 aromatic carbocycles. The van der Waals surface area contributed by atoms with Gasteiger partial charge in [0.2, 0.25) is 0 Å². The zero-order valence-electron chi connectivity index (χ0n) is 13.1. The van der Waals surface area contributed by atoms with Crippen LogP contribution in [0, 0.1) is 13.8 Å². The van der Waals surface area contributed by atoms with Crippen molar-refractivity contribution in [1.82, 2.24) is 10.5 Å². The Hall–Kier alpha value is -1.85. The number of nitrogens with two attached hydrogens (primary N) is 1. The van der Waals surface area contributed by atoms with Gasteiger partial charge in [-0.3, -0.25) is 4.79 Å². The van der Waals surface area contributed by atoms with E-state index in [9.17, 15) is 4.79 Å². The van der Waals surface area contributed by atoms with E-state index >= 15 is 0 Å². The summed E-state index contributed by atoms with van der Waals surface area (Å²) in [7, 11) is 0. The quantitative estimate of drug-likeness (QED) is 0.886. The van der Waals surface area contributed by atoms with Gasteiger partial charge in [0.15, 0.2) is 0 Å². The van der Waals surface area contributed by atoms with Crippen LogP contribution in [0.2, 0.25) is 0 Å². The second kappa shape index (κ2) is 7.96. The normalized spacial score (nSPS) is 11.6. The molecule has 5 nitrogen and oxygen atoms in total. The van der Waals surface area contributed by atoms with Crippen molar-refractivity contribution in [3.05, 3.63) is 52.4 Å². The predicted molar refractivity (Wildman–Crippen MR) is 88.3 cm³/mol. The van der Waals surface area contributed by atoms with E-state index < -0.39 is 0 Å². The summed E-state index contributed by atoms with van der Waals surface area (Å²) in [5.74, 6) is 0.877. The molecule has 0 saturated heterocycles. The zero-order chi connectivity index (χ0) is 15.4. The van der Waals surface area contributed by atoms with Gasteiger partial charge in [-0.2, -0.15) is 0 Å². The first-order valence-electron chi connectivity index (χ1n) is 7.03. The van der Waals surface area contributed by atoms with Crippen LogP contribution < -0.4 is 11.1 Å². The molecule has 1 aromatic heterocycles. The average Bonchev–Trinajstić information content (AvgIpc) is 2.83. The van der Waals surface area contributed by atoms with E-state index in [2.05, 4.69) is 10.5 Å². The number of hydrogen-bond acceptors (Lipinski definition) is 4. The fourth-order valence-electron chi connectivity index (χ4n) is 2.44. The third-order valence-corrected chi connectivity index (χ3v) is 3.60. The lowest BCUT2D eigenvalue weighted by molar-refractivity contribution is 0.0951. The van der Waals surface area contributed by atoms with Gasteiger partial charge in [-0.15, -0.1) is 12.4 Å². The largest absolute Gasteiger partial charge is 0.361 e. The number of hydrogen-bond donors (Lipinski definition) is 2. The molecule has 0 aliphatic rings. The van der Waals surface area contributed by atoms with Crippen LogP contribution in [-0.4, -0.2) is 17.6 Å². The Balaban J connectivity index is 0.00000242. The molecule has 1 amide bonds. The minimum absolute atomic E-state index is 0. The van der Waals surface area contributed by atoms with E-state index in [1.165, 1.54) is 0 Å². The van der Waals surface area contributed by atoms with E-state index in [-0.39, 0.29) is 24.2 Å². The van der Waals surface area contributed by atoms with Crippen LogP contribution in [0.1, 0.15) is 45.8 Å². The second-order valence-corrected chi connectivity index (χ2v) is 5.25. The van der Waals surface area contributed by atoms with Gasteiger partial charge in [0.05, 0.1) is 5.69 Å². The van der Waals surface area contributed by atoms with Gasteiger partial charge < -0.3 is 15.6 Å². The molecule has 1 atom stereocenters. The lowest BCUT2D eigenvalue weighted by Crippen LogP contribution is -2.27. The minimum atomic E-state index is -0.0859. The van der Waals surface area contributed by atoms with Crippen molar-refractivity contribution in [1.29, 1.82) is 0 Å². The lowest BCUT2D eigenvalue weighted by Gasteiger charge is -2.12. The summed E-state index contributed by atoms with van der Waals surface area (Å²) >= 11 is 0. The number of rotatable bonds is 5. The molecule has 0 radical (unpaired) electrons. The lowest BCUT2D eigenvalue weighted by atomic mass is 9.99. The van der Waals surface area contributed by atoms with E-state index in [1.54, 1.807) is 12.1 Å². The molecule has 0 aliphatic carbocycles. The van der Waals surface area contributed by atoms with Gasteiger partial charge in [0.25, 0.3) is 5.91 Å². The molecule has 6 heteroatoms. The van der Waals surface area contributed by atoms with E-state index in [0.29, 0.717) is 18.7 Å². The number of benzene rings is 1. The topological polar surface area (TPSA) is 81.2 Å². The van der Waals surface area contributed by atoms with Crippen LogP contribution >= 0.6 is 12.4 Å². The van der Waals surface area contributed by atoms with Crippen LogP contribution in [0.3, 0.4) is 0 Å². The summed E-state index contributed by atoms with van der Waals surface area (Å²) in [6.45, 7) is 6.87. The Labute approximate surface area is 136 Å². The van der Waals surface area contributed by atoms with Crippen LogP contribution in [0.4, 0.5) is 0 Å². The highest BCUT2D eigenvalue weighted by molar-refractivity contribution is 5.94. The predicted octanol–water partition coefficient (Wildman–Crippen LogP) is 2.71. The number of halogens is 1. The maximum atomic E-state index is 12.1. The number of amides is 1. The van der Waals surface area contributed by atoms with E-state index in [4.69, 9.17) is 10.3 Å². The van der Waals surface area contributed by atoms with Crippen LogP contribution in [0.15, 0.2) is 28.8 Å². The zero-order valence-corrected chi connectivity index (χ0v) is 13.9. The van der Waals surface area contributed by atoms with Crippen molar-refractivity contribution in [2.75, 3.05) is 6.54 Å². The van der Waals surface area contributed by atoms with Crippen molar-refractivity contribution >= 4 is 18.3 Å². The summed E-state index contributed by atoms with van der Waals surface area (Å²) in [5, 5.41) is 6.88. The van der Waals surface area contributed by atoms with Gasteiger partial charge in [0, 0.05) is 30.1 Å². The summed E-state index contributed by atoms with van der Waals surface area (Å²) in [6, 6.07) is 7.31. The number of carbonyl (C=O) groups is 1. The van der Waals surface area contributed by atoms with Gasteiger partial charge in [0.1, 0.15) is 5.76 Å². The van der Waals surface area contributed by atoms with Crippen molar-refractivity contribution in [3.63, 3.8) is 0 Å². The van der Waals surface area contributed by atoms with Crippen molar-refractivity contribution in [2.45, 2.75) is 33.2 Å². The summed E-state index contributed by atoms with van der Waals surface area (Å²) in [4.78, 5) is 12.1. The first-order chi connectivity index (χ1) is 10.0. The Kier molecular flexibility index (Phi) is 6.59. The number of nitrogens with one attached hydrogen (secondary N) is 1. The first kappa shape index (κ1) is 18.2. The third-order valence-electron chi connectivity index (χ3n) is 3.60. The molecule has 1 unspecified atom stereocenters. The molecule has 0 bridgehead atoms. The molecule has 0 fully saturated rings. The highest BCUT2D eigenvalue weighted by Gasteiger charge is 2.17. The van der Waals surface area contributed by atoms with Gasteiger partial charge in [-0.25, -0.2) is 0 Å². The average molecular weight is 324 g/mol. The molecule has 1 heterocycles. The number of carbonyl (C=O) groups excluding carboxylic acids is 1. The maximum Gasteiger partial charge on any atom is 0.251 e. The highest BCUT2D eigenvalue weighted by atomic mass is 35.5. The number of aryl methyl sites for hydroxylation is 2. The number of nitrogens with zero attached hydrogens (tertiary/aromatic N) is 1. The van der Waals surface area contributed by atoms with Crippen molar-refractivity contribution in [3.8, 4) is 0 Å². The van der Waals surface area contributed by atoms with Gasteiger partial charge >= 0.3 is 0 Å². The Bertz CT molecular complexity index is 603. The molecule has 0 spiro atoms. The third kappa shape index (κ3) is 4.08. The standard InChI is InChI=1S/C16H21N3O2.ClH/c1-10(15-11(2)19-21-12(15)3)9-18-16(20)14-6-4-13(8-17)5-7-14;/h4-7,10H,8-9,17H2,1-3H3,(H,18,20);1H. The van der Waals surface area contributed by atoms with E-state index in [0.717, 1.165) is 22.6 Å². The van der Waals surface area contributed by atoms with Gasteiger partial charge in [-0.1, -0.05) is 24.2 Å². The summed E-state index contributed by atoms with van der Waals surface area (Å²) in [6.07, 6.45) is 0. The molecule has 3 N–H and O–H groups in total. The van der Waals surface area contributed by atoms with E-state index in [1.807, 2.05) is 32.9 Å². The van der Waals surface area contributed by atoms with Crippen LogP contribution in [-0.2, 0) is 6.54 Å². The Morgan fingerprint density at radius 2 is 1.95 bits per heavy atom. The van der Waals surface area contributed by atoms with Crippen molar-refractivity contribution < 1.29 is 9.32 Å². The summed E-state index contributed by atoms with van der Waals surface area (Å²) in [5.41, 5.74) is 9.13. The maximum absolute atomic E-state index is 12.1. The van der Waals surface area contributed by atoms with Crippen LogP contribution in [0.5, 0.6) is 0 Å². The fraction of sp³-hybridized carbons (Fsp3) is 0.375. The fourth-order valence-corrected chi connectivity index (χ4v) is 2.44. The molecule has 2 rings (SSSR count). The molecular formula is C16H22ClN3O2. The van der Waals surface area contributed by atoms with Crippen molar-refractivity contribution in [2.24, 2.45) is 5.73 Å². The molecule has 22 heavy (non-hydrogen) atoms. The Morgan fingerprint density at radius 3 is 2.45 bits per heavy atom. The van der Waals surface area contributed by atoms with Gasteiger partial charge in [-0.05, 0) is 31.5 Å². The van der Waals surface area contributed by atoms with Crippen LogP contribution in [0.25, 0.3) is 0 Å². The molecular weight excluding hydrogens is 302 g/mol. The molecule has 120 valence electrons. The Morgan fingerprint density at radius 1 is 1.32 bits per heavy atom. The molecule has 2 aromatic rings. The number of aromatic nitrogens is 1. The highest BCUT2D eigenvalue weighted by Crippen LogP contribution is 2.22. The minimum Gasteiger partial charge on any atom is -0.361 e. The molecule has 0 saturated carbocycles. The summed E-state index contributed by atoms with van der Waals surface area (Å²) < 4.78 is 5.16. The monoisotopic (exact) mass is 323 g/mol.